The van der Waals surface area contributed by atoms with Crippen molar-refractivity contribution in [1.82, 2.24) is 14.9 Å². The SMILES string of the molecule is O=C(O)c1cc(S(=O)(=O)NCc2cn[nH]c2)ccc1Cl. The molecule has 7 nitrogen and oxygen atoms in total. The molecule has 9 heteroatoms. The minimum Gasteiger partial charge on any atom is -0.478 e. The summed E-state index contributed by atoms with van der Waals surface area (Å²) < 4.78 is 26.4. The number of aromatic amines is 1. The Labute approximate surface area is 119 Å². The first-order valence-electron chi connectivity index (χ1n) is 5.40. The number of aromatic nitrogens is 2. The number of hydrogen-bond donors (Lipinski definition) is 3. The number of nitrogens with one attached hydrogen (secondary N) is 2. The van der Waals surface area contributed by atoms with E-state index in [1.54, 1.807) is 6.20 Å². The molecule has 0 aliphatic rings. The molecule has 0 bridgehead atoms. The molecule has 20 heavy (non-hydrogen) atoms. The second-order valence-electron chi connectivity index (χ2n) is 3.88. The van der Waals surface area contributed by atoms with Crippen LogP contribution in [0.4, 0.5) is 0 Å². The molecule has 0 amide bonds. The topological polar surface area (TPSA) is 112 Å². The van der Waals surface area contributed by atoms with E-state index in [1.165, 1.54) is 18.3 Å². The Morgan fingerprint density at radius 1 is 1.45 bits per heavy atom. The van der Waals surface area contributed by atoms with E-state index < -0.39 is 16.0 Å². The summed E-state index contributed by atoms with van der Waals surface area (Å²) in [5.41, 5.74) is 0.388. The molecule has 0 spiro atoms. The molecule has 2 aromatic rings. The van der Waals surface area contributed by atoms with Gasteiger partial charge < -0.3 is 5.11 Å². The van der Waals surface area contributed by atoms with Crippen molar-refractivity contribution in [1.29, 1.82) is 0 Å². The van der Waals surface area contributed by atoms with Gasteiger partial charge in [-0.3, -0.25) is 5.10 Å². The highest BCUT2D eigenvalue weighted by Gasteiger charge is 2.18. The van der Waals surface area contributed by atoms with Gasteiger partial charge in [0, 0.05) is 18.3 Å². The molecule has 0 saturated carbocycles. The second-order valence-corrected chi connectivity index (χ2v) is 6.05. The summed E-state index contributed by atoms with van der Waals surface area (Å²) in [5, 5.41) is 15.1. The predicted octanol–water partition coefficient (Wildman–Crippen LogP) is 1.24. The average Bonchev–Trinajstić information content (AvgIpc) is 2.89. The third kappa shape index (κ3) is 3.16. The molecule has 106 valence electrons. The van der Waals surface area contributed by atoms with Gasteiger partial charge in [0.25, 0.3) is 0 Å². The molecule has 0 aliphatic carbocycles. The zero-order valence-electron chi connectivity index (χ0n) is 10.00. The van der Waals surface area contributed by atoms with Gasteiger partial charge in [-0.25, -0.2) is 17.9 Å². The molecule has 1 heterocycles. The van der Waals surface area contributed by atoms with Crippen LogP contribution < -0.4 is 4.72 Å². The molecular weight excluding hydrogens is 306 g/mol. The molecule has 1 aromatic heterocycles. The van der Waals surface area contributed by atoms with E-state index in [1.807, 2.05) is 0 Å². The summed E-state index contributed by atoms with van der Waals surface area (Å²) in [7, 11) is -3.82. The first-order chi connectivity index (χ1) is 9.40. The van der Waals surface area contributed by atoms with Crippen LogP contribution >= 0.6 is 11.6 Å². The smallest absolute Gasteiger partial charge is 0.337 e. The van der Waals surface area contributed by atoms with Crippen LogP contribution in [0.25, 0.3) is 0 Å². The van der Waals surface area contributed by atoms with Crippen molar-refractivity contribution in [3.63, 3.8) is 0 Å². The van der Waals surface area contributed by atoms with Crippen LogP contribution in [0.3, 0.4) is 0 Å². The summed E-state index contributed by atoms with van der Waals surface area (Å²) >= 11 is 5.69. The number of nitrogens with zero attached hydrogens (tertiary/aromatic N) is 1. The van der Waals surface area contributed by atoms with Gasteiger partial charge in [0.05, 0.1) is 21.7 Å². The number of carboxylic acid groups (broad SMARTS) is 1. The van der Waals surface area contributed by atoms with Crippen molar-refractivity contribution in [2.45, 2.75) is 11.4 Å². The van der Waals surface area contributed by atoms with Crippen LogP contribution in [0.2, 0.25) is 5.02 Å². The fraction of sp³-hybridized carbons (Fsp3) is 0.0909. The van der Waals surface area contributed by atoms with Crippen LogP contribution in [-0.2, 0) is 16.6 Å². The maximum atomic E-state index is 12.0. The lowest BCUT2D eigenvalue weighted by atomic mass is 10.2. The fourth-order valence-electron chi connectivity index (χ4n) is 1.47. The van der Waals surface area contributed by atoms with Crippen LogP contribution in [0.5, 0.6) is 0 Å². The van der Waals surface area contributed by atoms with Crippen molar-refractivity contribution in [2.75, 3.05) is 0 Å². The van der Waals surface area contributed by atoms with Crippen molar-refractivity contribution >= 4 is 27.6 Å². The van der Waals surface area contributed by atoms with Crippen LogP contribution in [-0.4, -0.2) is 29.7 Å². The van der Waals surface area contributed by atoms with E-state index in [4.69, 9.17) is 16.7 Å². The normalized spacial score (nSPS) is 11.4. The lowest BCUT2D eigenvalue weighted by Gasteiger charge is -2.07. The van der Waals surface area contributed by atoms with Crippen LogP contribution in [0, 0.1) is 0 Å². The molecular formula is C11H10ClN3O4S. The summed E-state index contributed by atoms with van der Waals surface area (Å²) in [4.78, 5) is 10.8. The Morgan fingerprint density at radius 2 is 2.20 bits per heavy atom. The molecule has 0 fully saturated rings. The molecule has 3 N–H and O–H groups in total. The minimum atomic E-state index is -3.82. The number of carboxylic acids is 1. The van der Waals surface area contributed by atoms with E-state index in [0.29, 0.717) is 5.56 Å². The molecule has 0 saturated heterocycles. The van der Waals surface area contributed by atoms with Gasteiger partial charge in [0.15, 0.2) is 0 Å². The lowest BCUT2D eigenvalue weighted by molar-refractivity contribution is 0.0697. The Morgan fingerprint density at radius 3 is 2.80 bits per heavy atom. The Balaban J connectivity index is 2.25. The number of sulfonamides is 1. The molecule has 0 radical (unpaired) electrons. The molecule has 2 rings (SSSR count). The number of benzene rings is 1. The van der Waals surface area contributed by atoms with E-state index in [-0.39, 0.29) is 22.0 Å². The zero-order chi connectivity index (χ0) is 14.8. The van der Waals surface area contributed by atoms with E-state index in [9.17, 15) is 13.2 Å². The molecule has 0 unspecified atom stereocenters. The van der Waals surface area contributed by atoms with Gasteiger partial charge >= 0.3 is 5.97 Å². The quantitative estimate of drug-likeness (QED) is 0.768. The summed E-state index contributed by atoms with van der Waals surface area (Å²) in [6.07, 6.45) is 3.03. The summed E-state index contributed by atoms with van der Waals surface area (Å²) in [6, 6.07) is 3.49. The monoisotopic (exact) mass is 315 g/mol. The van der Waals surface area contributed by atoms with Crippen molar-refractivity contribution < 1.29 is 18.3 Å². The average molecular weight is 316 g/mol. The highest BCUT2D eigenvalue weighted by atomic mass is 35.5. The van der Waals surface area contributed by atoms with Crippen LogP contribution in [0.15, 0.2) is 35.5 Å². The Kier molecular flexibility index (Phi) is 4.07. The fourth-order valence-corrected chi connectivity index (χ4v) is 2.71. The van der Waals surface area contributed by atoms with E-state index in [2.05, 4.69) is 14.9 Å². The zero-order valence-corrected chi connectivity index (χ0v) is 11.6. The van der Waals surface area contributed by atoms with Crippen molar-refractivity contribution in [3.05, 3.63) is 46.7 Å². The van der Waals surface area contributed by atoms with Crippen LogP contribution in [0.1, 0.15) is 15.9 Å². The summed E-state index contributed by atoms with van der Waals surface area (Å²) in [6.45, 7) is 0.0455. The van der Waals surface area contributed by atoms with Gasteiger partial charge in [-0.2, -0.15) is 5.10 Å². The minimum absolute atomic E-state index is 0.0220. The second kappa shape index (κ2) is 5.61. The van der Waals surface area contributed by atoms with Crippen molar-refractivity contribution in [2.24, 2.45) is 0 Å². The Hall–Kier alpha value is -1.90. The van der Waals surface area contributed by atoms with Crippen molar-refractivity contribution in [3.8, 4) is 0 Å². The predicted molar refractivity (Wildman–Crippen MR) is 71.0 cm³/mol. The van der Waals surface area contributed by atoms with Gasteiger partial charge in [-0.05, 0) is 18.2 Å². The van der Waals surface area contributed by atoms with E-state index in [0.717, 1.165) is 6.07 Å². The third-order valence-corrected chi connectivity index (χ3v) is 4.23. The number of rotatable bonds is 5. The highest BCUT2D eigenvalue weighted by molar-refractivity contribution is 7.89. The third-order valence-electron chi connectivity index (χ3n) is 2.50. The number of aromatic carboxylic acids is 1. The number of carbonyl (C=O) groups is 1. The van der Waals surface area contributed by atoms with Gasteiger partial charge in [-0.1, -0.05) is 11.6 Å². The number of halogens is 1. The standard InChI is InChI=1S/C11H10ClN3O4S/c12-10-2-1-8(3-9(10)11(16)17)20(18,19)15-6-7-4-13-14-5-7/h1-5,15H,6H2,(H,13,14)(H,16,17). The maximum Gasteiger partial charge on any atom is 0.337 e. The van der Waals surface area contributed by atoms with Gasteiger partial charge in [-0.15, -0.1) is 0 Å². The largest absolute Gasteiger partial charge is 0.478 e. The Bertz CT molecular complexity index is 728. The highest BCUT2D eigenvalue weighted by Crippen LogP contribution is 2.20. The van der Waals surface area contributed by atoms with Gasteiger partial charge in [0.2, 0.25) is 10.0 Å². The van der Waals surface area contributed by atoms with E-state index >= 15 is 0 Å². The first kappa shape index (κ1) is 14.5. The number of hydrogen-bond acceptors (Lipinski definition) is 4. The van der Waals surface area contributed by atoms with Gasteiger partial charge in [0.1, 0.15) is 0 Å². The summed E-state index contributed by atoms with van der Waals surface area (Å²) in [5.74, 6) is -1.29. The lowest BCUT2D eigenvalue weighted by Crippen LogP contribution is -2.23. The molecule has 0 atom stereocenters. The molecule has 1 aromatic carbocycles. The number of H-pyrrole nitrogens is 1. The first-order valence-corrected chi connectivity index (χ1v) is 7.26. The maximum absolute atomic E-state index is 12.0. The molecule has 0 aliphatic heterocycles.